The molecule has 0 aliphatic rings. The molecule has 0 saturated heterocycles. The van der Waals surface area contributed by atoms with Crippen molar-refractivity contribution in [3.8, 4) is 0 Å². The first-order valence-electron chi connectivity index (χ1n) is 8.08. The Hall–Kier alpha value is -1.91. The monoisotopic (exact) mass is 391 g/mol. The average Bonchev–Trinajstić information content (AvgIpc) is 2.64. The van der Waals surface area contributed by atoms with Gasteiger partial charge in [-0.05, 0) is 34.9 Å². The smallest absolute Gasteiger partial charge is 0.127 e. The maximum atomic E-state index is 13.3. The van der Waals surface area contributed by atoms with Crippen LogP contribution in [0.3, 0.4) is 0 Å². The second-order valence-corrected chi connectivity index (χ2v) is 6.34. The fourth-order valence-electron chi connectivity index (χ4n) is 2.83. The molecular formula is C21H20Cl2FNO. The molecule has 0 radical (unpaired) electrons. The van der Waals surface area contributed by atoms with Gasteiger partial charge in [-0.3, -0.25) is 0 Å². The molecule has 3 aromatic carbocycles. The van der Waals surface area contributed by atoms with E-state index in [0.717, 1.165) is 11.1 Å². The number of hydrogen-bond donors (Lipinski definition) is 2. The third-order valence-corrected chi connectivity index (χ3v) is 4.60. The molecule has 0 saturated carbocycles. The van der Waals surface area contributed by atoms with Crippen molar-refractivity contribution in [2.75, 3.05) is 6.54 Å². The van der Waals surface area contributed by atoms with E-state index in [2.05, 4.69) is 5.32 Å². The van der Waals surface area contributed by atoms with Crippen molar-refractivity contribution in [1.29, 1.82) is 0 Å². The van der Waals surface area contributed by atoms with Crippen LogP contribution in [-0.2, 0) is 12.1 Å². The SMILES string of the molecule is Cl.OC(CNCc1ccccc1Cl)(c1ccccc1)c1ccc(F)cc1. The minimum atomic E-state index is -1.27. The highest BCUT2D eigenvalue weighted by Crippen LogP contribution is 2.29. The predicted molar refractivity (Wildman–Crippen MR) is 106 cm³/mol. The zero-order chi connectivity index (χ0) is 17.7. The molecule has 0 heterocycles. The molecule has 0 fully saturated rings. The van der Waals surface area contributed by atoms with Crippen LogP contribution < -0.4 is 5.32 Å². The summed E-state index contributed by atoms with van der Waals surface area (Å²) in [4.78, 5) is 0. The lowest BCUT2D eigenvalue weighted by atomic mass is 9.86. The summed E-state index contributed by atoms with van der Waals surface area (Å²) in [6.45, 7) is 0.796. The summed E-state index contributed by atoms with van der Waals surface area (Å²) in [5.41, 5.74) is 1.06. The molecule has 136 valence electrons. The Morgan fingerprint density at radius 2 is 1.42 bits per heavy atom. The molecule has 0 aliphatic carbocycles. The van der Waals surface area contributed by atoms with E-state index in [9.17, 15) is 9.50 Å². The molecule has 2 N–H and O–H groups in total. The van der Waals surface area contributed by atoms with E-state index >= 15 is 0 Å². The Morgan fingerprint density at radius 1 is 0.846 bits per heavy atom. The van der Waals surface area contributed by atoms with E-state index in [4.69, 9.17) is 11.6 Å². The Kier molecular flexibility index (Phi) is 7.18. The Labute approximate surface area is 164 Å². The third-order valence-electron chi connectivity index (χ3n) is 4.23. The van der Waals surface area contributed by atoms with E-state index in [-0.39, 0.29) is 24.8 Å². The molecule has 3 rings (SSSR count). The molecule has 0 bridgehead atoms. The largest absolute Gasteiger partial charge is 0.379 e. The first kappa shape index (κ1) is 20.4. The van der Waals surface area contributed by atoms with Crippen molar-refractivity contribution in [2.24, 2.45) is 0 Å². The lowest BCUT2D eigenvalue weighted by molar-refractivity contribution is 0.0795. The van der Waals surface area contributed by atoms with Gasteiger partial charge < -0.3 is 10.4 Å². The fourth-order valence-corrected chi connectivity index (χ4v) is 3.03. The molecule has 1 atom stereocenters. The van der Waals surface area contributed by atoms with Gasteiger partial charge in [-0.1, -0.05) is 72.3 Å². The molecule has 0 spiro atoms. The van der Waals surface area contributed by atoms with Crippen LogP contribution in [0, 0.1) is 5.82 Å². The summed E-state index contributed by atoms with van der Waals surface area (Å²) in [5, 5.41) is 15.3. The summed E-state index contributed by atoms with van der Waals surface area (Å²) < 4.78 is 13.3. The van der Waals surface area contributed by atoms with Crippen LogP contribution in [0.1, 0.15) is 16.7 Å². The molecule has 2 nitrogen and oxygen atoms in total. The molecule has 3 aromatic rings. The second kappa shape index (κ2) is 9.15. The van der Waals surface area contributed by atoms with Gasteiger partial charge in [-0.2, -0.15) is 0 Å². The van der Waals surface area contributed by atoms with Crippen molar-refractivity contribution < 1.29 is 9.50 Å². The maximum absolute atomic E-state index is 13.3. The molecule has 5 heteroatoms. The first-order chi connectivity index (χ1) is 12.1. The zero-order valence-electron chi connectivity index (χ0n) is 14.0. The number of benzene rings is 3. The van der Waals surface area contributed by atoms with Crippen LogP contribution in [0.25, 0.3) is 0 Å². The first-order valence-corrected chi connectivity index (χ1v) is 8.45. The molecule has 0 aliphatic heterocycles. The number of nitrogens with one attached hydrogen (secondary N) is 1. The molecule has 0 amide bonds. The predicted octanol–water partition coefficient (Wildman–Crippen LogP) is 4.93. The van der Waals surface area contributed by atoms with Gasteiger partial charge in [0.2, 0.25) is 0 Å². The molecular weight excluding hydrogens is 372 g/mol. The average molecular weight is 392 g/mol. The van der Waals surface area contributed by atoms with Gasteiger partial charge in [-0.25, -0.2) is 4.39 Å². The number of hydrogen-bond acceptors (Lipinski definition) is 2. The summed E-state index contributed by atoms with van der Waals surface area (Å²) in [5.74, 6) is -0.330. The van der Waals surface area contributed by atoms with E-state index in [0.29, 0.717) is 17.1 Å². The quantitative estimate of drug-likeness (QED) is 0.624. The second-order valence-electron chi connectivity index (χ2n) is 5.93. The van der Waals surface area contributed by atoms with Crippen LogP contribution in [0.15, 0.2) is 78.9 Å². The van der Waals surface area contributed by atoms with E-state index in [1.165, 1.54) is 12.1 Å². The van der Waals surface area contributed by atoms with Gasteiger partial charge in [0.1, 0.15) is 11.4 Å². The minimum Gasteiger partial charge on any atom is -0.379 e. The highest BCUT2D eigenvalue weighted by molar-refractivity contribution is 6.31. The van der Waals surface area contributed by atoms with Crippen LogP contribution in [-0.4, -0.2) is 11.7 Å². The summed E-state index contributed by atoms with van der Waals surface area (Å²) in [6.07, 6.45) is 0. The van der Waals surface area contributed by atoms with E-state index in [1.807, 2.05) is 54.6 Å². The van der Waals surface area contributed by atoms with Crippen LogP contribution in [0.2, 0.25) is 5.02 Å². The van der Waals surface area contributed by atoms with Gasteiger partial charge in [0.15, 0.2) is 0 Å². The van der Waals surface area contributed by atoms with Gasteiger partial charge in [0.05, 0.1) is 0 Å². The van der Waals surface area contributed by atoms with Gasteiger partial charge in [-0.15, -0.1) is 12.4 Å². The van der Waals surface area contributed by atoms with Gasteiger partial charge >= 0.3 is 0 Å². The van der Waals surface area contributed by atoms with Crippen LogP contribution in [0.5, 0.6) is 0 Å². The highest BCUT2D eigenvalue weighted by atomic mass is 35.5. The number of rotatable bonds is 6. The molecule has 1 unspecified atom stereocenters. The lowest BCUT2D eigenvalue weighted by Gasteiger charge is -2.30. The Bertz CT molecular complexity index is 827. The molecule has 0 aromatic heterocycles. The van der Waals surface area contributed by atoms with Crippen LogP contribution in [0.4, 0.5) is 4.39 Å². The fraction of sp³-hybridized carbons (Fsp3) is 0.143. The van der Waals surface area contributed by atoms with Crippen molar-refractivity contribution in [1.82, 2.24) is 5.32 Å². The van der Waals surface area contributed by atoms with Gasteiger partial charge in [0.25, 0.3) is 0 Å². The van der Waals surface area contributed by atoms with Crippen molar-refractivity contribution in [3.63, 3.8) is 0 Å². The standard InChI is InChI=1S/C21H19ClFNO.ClH/c22-20-9-5-4-6-16(20)14-24-15-21(25,17-7-2-1-3-8-17)18-10-12-19(23)13-11-18;/h1-13,24-25H,14-15H2;1H. The lowest BCUT2D eigenvalue weighted by Crippen LogP contribution is -2.39. The maximum Gasteiger partial charge on any atom is 0.127 e. The topological polar surface area (TPSA) is 32.3 Å². The third kappa shape index (κ3) is 4.63. The van der Waals surface area contributed by atoms with E-state index in [1.54, 1.807) is 12.1 Å². The summed E-state index contributed by atoms with van der Waals surface area (Å²) >= 11 is 6.18. The van der Waals surface area contributed by atoms with E-state index < -0.39 is 5.60 Å². The molecule has 26 heavy (non-hydrogen) atoms. The number of aliphatic hydroxyl groups is 1. The Morgan fingerprint density at radius 3 is 2.08 bits per heavy atom. The highest BCUT2D eigenvalue weighted by Gasteiger charge is 2.31. The van der Waals surface area contributed by atoms with Crippen molar-refractivity contribution in [3.05, 3.63) is 106 Å². The normalized spacial score (nSPS) is 12.9. The van der Waals surface area contributed by atoms with Crippen molar-refractivity contribution >= 4 is 24.0 Å². The van der Waals surface area contributed by atoms with Crippen LogP contribution >= 0.6 is 24.0 Å². The number of halogens is 3. The summed E-state index contributed by atoms with van der Waals surface area (Å²) in [7, 11) is 0. The van der Waals surface area contributed by atoms with Gasteiger partial charge in [0, 0.05) is 18.1 Å². The summed E-state index contributed by atoms with van der Waals surface area (Å²) in [6, 6.07) is 22.9. The van der Waals surface area contributed by atoms with Crippen molar-refractivity contribution in [2.45, 2.75) is 12.1 Å². The minimum absolute atomic E-state index is 0. The Balaban J connectivity index is 0.00000243. The zero-order valence-corrected chi connectivity index (χ0v) is 15.6.